The molecular weight excluding hydrogens is 262 g/mol. The molecule has 106 valence electrons. The highest BCUT2D eigenvalue weighted by Crippen LogP contribution is 2.29. The molecule has 1 aromatic heterocycles. The van der Waals surface area contributed by atoms with Gasteiger partial charge in [0.2, 0.25) is 0 Å². The summed E-state index contributed by atoms with van der Waals surface area (Å²) in [4.78, 5) is 12.2. The highest BCUT2D eigenvalue weighted by Gasteiger charge is 2.08. The number of nitrogens with zero attached hydrogens (tertiary/aromatic N) is 1. The summed E-state index contributed by atoms with van der Waals surface area (Å²) >= 11 is 0. The zero-order valence-electron chi connectivity index (χ0n) is 12.2. The third-order valence-corrected chi connectivity index (χ3v) is 3.61. The SMILES string of the molecule is CCOc1cccc(-c2cc(=O)n(C)c3ccccc23)c1. The number of aromatic nitrogens is 1. The Bertz CT molecular complexity index is 849. The number of ether oxygens (including phenoxy) is 1. The molecule has 3 rings (SSSR count). The van der Waals surface area contributed by atoms with Gasteiger partial charge in [0.1, 0.15) is 5.75 Å². The third kappa shape index (κ3) is 2.42. The summed E-state index contributed by atoms with van der Waals surface area (Å²) in [5.41, 5.74) is 2.86. The maximum Gasteiger partial charge on any atom is 0.251 e. The molecule has 0 amide bonds. The number of fused-ring (bicyclic) bond motifs is 1. The smallest absolute Gasteiger partial charge is 0.251 e. The van der Waals surface area contributed by atoms with Crippen LogP contribution in [-0.4, -0.2) is 11.2 Å². The number of rotatable bonds is 3. The van der Waals surface area contributed by atoms with E-state index in [1.807, 2.05) is 55.5 Å². The van der Waals surface area contributed by atoms with Gasteiger partial charge in [-0.3, -0.25) is 4.79 Å². The maximum absolute atomic E-state index is 12.2. The average molecular weight is 279 g/mol. The maximum atomic E-state index is 12.2. The first-order valence-corrected chi connectivity index (χ1v) is 7.02. The Hall–Kier alpha value is -2.55. The lowest BCUT2D eigenvalue weighted by atomic mass is 10.0. The molecule has 0 aliphatic rings. The van der Waals surface area contributed by atoms with Crippen LogP contribution in [0.4, 0.5) is 0 Å². The summed E-state index contributed by atoms with van der Waals surface area (Å²) in [6, 6.07) is 17.5. The van der Waals surface area contributed by atoms with E-state index in [1.165, 1.54) is 0 Å². The summed E-state index contributed by atoms with van der Waals surface area (Å²) in [5, 5.41) is 1.06. The molecule has 0 unspecified atom stereocenters. The van der Waals surface area contributed by atoms with Crippen LogP contribution in [0.3, 0.4) is 0 Å². The normalized spacial score (nSPS) is 10.8. The topological polar surface area (TPSA) is 31.2 Å². The molecule has 0 atom stereocenters. The molecule has 0 aliphatic heterocycles. The molecule has 0 radical (unpaired) electrons. The standard InChI is InChI=1S/C18H17NO2/c1-3-21-14-8-6-7-13(11-14)16-12-18(20)19(2)17-10-5-4-9-15(16)17/h4-12H,3H2,1-2H3. The van der Waals surface area contributed by atoms with Gasteiger partial charge in [0, 0.05) is 18.5 Å². The molecule has 2 aromatic carbocycles. The van der Waals surface area contributed by atoms with Crippen LogP contribution in [-0.2, 0) is 7.05 Å². The lowest BCUT2D eigenvalue weighted by Gasteiger charge is -2.11. The van der Waals surface area contributed by atoms with Crippen LogP contribution in [0.5, 0.6) is 5.75 Å². The molecule has 0 saturated heterocycles. The van der Waals surface area contributed by atoms with Gasteiger partial charge in [-0.25, -0.2) is 0 Å². The van der Waals surface area contributed by atoms with Crippen LogP contribution in [0.25, 0.3) is 22.0 Å². The molecule has 3 aromatic rings. The molecule has 21 heavy (non-hydrogen) atoms. The largest absolute Gasteiger partial charge is 0.494 e. The Morgan fingerprint density at radius 2 is 1.86 bits per heavy atom. The number of para-hydroxylation sites is 1. The third-order valence-electron chi connectivity index (χ3n) is 3.61. The molecule has 0 saturated carbocycles. The zero-order chi connectivity index (χ0) is 14.8. The van der Waals surface area contributed by atoms with Gasteiger partial charge in [0.15, 0.2) is 0 Å². The predicted octanol–water partition coefficient (Wildman–Crippen LogP) is 3.60. The number of benzene rings is 2. The Morgan fingerprint density at radius 3 is 2.67 bits per heavy atom. The first kappa shape index (κ1) is 13.4. The van der Waals surface area contributed by atoms with E-state index in [0.717, 1.165) is 27.8 Å². The monoisotopic (exact) mass is 279 g/mol. The number of pyridine rings is 1. The van der Waals surface area contributed by atoms with Crippen LogP contribution in [0.2, 0.25) is 0 Å². The molecule has 0 fully saturated rings. The second-order valence-electron chi connectivity index (χ2n) is 4.93. The van der Waals surface area contributed by atoms with Crippen molar-refractivity contribution >= 4 is 10.9 Å². The highest BCUT2D eigenvalue weighted by molar-refractivity contribution is 5.94. The van der Waals surface area contributed by atoms with Gasteiger partial charge in [-0.05, 0) is 36.2 Å². The average Bonchev–Trinajstić information content (AvgIpc) is 2.51. The van der Waals surface area contributed by atoms with Gasteiger partial charge in [0.05, 0.1) is 12.1 Å². The second-order valence-corrected chi connectivity index (χ2v) is 4.93. The number of aryl methyl sites for hydroxylation is 1. The van der Waals surface area contributed by atoms with Gasteiger partial charge in [0.25, 0.3) is 5.56 Å². The van der Waals surface area contributed by atoms with E-state index in [-0.39, 0.29) is 5.56 Å². The predicted molar refractivity (Wildman–Crippen MR) is 85.8 cm³/mol. The van der Waals surface area contributed by atoms with Gasteiger partial charge in [-0.2, -0.15) is 0 Å². The molecule has 3 nitrogen and oxygen atoms in total. The fourth-order valence-corrected chi connectivity index (χ4v) is 2.57. The summed E-state index contributed by atoms with van der Waals surface area (Å²) in [6.45, 7) is 2.58. The van der Waals surface area contributed by atoms with Gasteiger partial charge >= 0.3 is 0 Å². The summed E-state index contributed by atoms with van der Waals surface area (Å²) in [7, 11) is 1.80. The van der Waals surface area contributed by atoms with E-state index in [2.05, 4.69) is 0 Å². The van der Waals surface area contributed by atoms with Crippen LogP contribution < -0.4 is 10.3 Å². The second kappa shape index (κ2) is 5.44. The Morgan fingerprint density at radius 1 is 1.05 bits per heavy atom. The van der Waals surface area contributed by atoms with Crippen molar-refractivity contribution in [2.45, 2.75) is 6.92 Å². The molecule has 3 heteroatoms. The van der Waals surface area contributed by atoms with Crippen molar-refractivity contribution in [2.24, 2.45) is 7.05 Å². The van der Waals surface area contributed by atoms with Crippen molar-refractivity contribution in [3.05, 3.63) is 65.0 Å². The first-order valence-electron chi connectivity index (χ1n) is 7.02. The van der Waals surface area contributed by atoms with Crippen molar-refractivity contribution in [3.8, 4) is 16.9 Å². The Kier molecular flexibility index (Phi) is 3.48. The first-order chi connectivity index (χ1) is 10.2. The zero-order valence-corrected chi connectivity index (χ0v) is 12.2. The van der Waals surface area contributed by atoms with Crippen molar-refractivity contribution < 1.29 is 4.74 Å². The molecular formula is C18H17NO2. The summed E-state index contributed by atoms with van der Waals surface area (Å²) in [6.07, 6.45) is 0. The van der Waals surface area contributed by atoms with E-state index in [1.54, 1.807) is 17.7 Å². The lowest BCUT2D eigenvalue weighted by molar-refractivity contribution is 0.340. The minimum absolute atomic E-state index is 0.00878. The van der Waals surface area contributed by atoms with Crippen molar-refractivity contribution in [3.63, 3.8) is 0 Å². The van der Waals surface area contributed by atoms with Crippen LogP contribution in [0.15, 0.2) is 59.4 Å². The van der Waals surface area contributed by atoms with Gasteiger partial charge in [-0.1, -0.05) is 30.3 Å². The number of hydrogen-bond donors (Lipinski definition) is 0. The van der Waals surface area contributed by atoms with Crippen molar-refractivity contribution in [1.29, 1.82) is 0 Å². The quantitative estimate of drug-likeness (QED) is 0.733. The summed E-state index contributed by atoms with van der Waals surface area (Å²) in [5.74, 6) is 0.819. The minimum atomic E-state index is -0.00878. The van der Waals surface area contributed by atoms with E-state index >= 15 is 0 Å². The van der Waals surface area contributed by atoms with Gasteiger partial charge in [-0.15, -0.1) is 0 Å². The fraction of sp³-hybridized carbons (Fsp3) is 0.167. The molecule has 0 N–H and O–H groups in total. The molecule has 0 bridgehead atoms. The lowest BCUT2D eigenvalue weighted by Crippen LogP contribution is -2.16. The summed E-state index contributed by atoms with van der Waals surface area (Å²) < 4.78 is 7.22. The van der Waals surface area contributed by atoms with Crippen LogP contribution in [0, 0.1) is 0 Å². The van der Waals surface area contributed by atoms with Crippen molar-refractivity contribution in [1.82, 2.24) is 4.57 Å². The van der Waals surface area contributed by atoms with Crippen molar-refractivity contribution in [2.75, 3.05) is 6.61 Å². The fourth-order valence-electron chi connectivity index (χ4n) is 2.57. The van der Waals surface area contributed by atoms with Crippen LogP contribution in [0.1, 0.15) is 6.92 Å². The molecule has 0 aliphatic carbocycles. The molecule has 0 spiro atoms. The van der Waals surface area contributed by atoms with E-state index in [0.29, 0.717) is 6.61 Å². The van der Waals surface area contributed by atoms with E-state index < -0.39 is 0 Å². The molecule has 1 heterocycles. The minimum Gasteiger partial charge on any atom is -0.494 e. The number of hydrogen-bond acceptors (Lipinski definition) is 2. The van der Waals surface area contributed by atoms with Gasteiger partial charge < -0.3 is 9.30 Å². The van der Waals surface area contributed by atoms with E-state index in [9.17, 15) is 4.79 Å². The highest BCUT2D eigenvalue weighted by atomic mass is 16.5. The Balaban J connectivity index is 2.28. The van der Waals surface area contributed by atoms with E-state index in [4.69, 9.17) is 4.74 Å². The van der Waals surface area contributed by atoms with Crippen LogP contribution >= 0.6 is 0 Å². The Labute approximate surface area is 123 Å².